The Hall–Kier alpha value is -1.89. The maximum absolute atomic E-state index is 11.2. The van der Waals surface area contributed by atoms with Crippen molar-refractivity contribution in [3.8, 4) is 11.4 Å². The molecule has 2 rings (SSSR count). The summed E-state index contributed by atoms with van der Waals surface area (Å²) in [6.07, 6.45) is 3.34. The molecule has 0 unspecified atom stereocenters. The van der Waals surface area contributed by atoms with E-state index in [4.69, 9.17) is 4.74 Å². The van der Waals surface area contributed by atoms with Crippen molar-refractivity contribution in [2.75, 3.05) is 12.0 Å². The molecule has 88 valence electrons. The van der Waals surface area contributed by atoms with Crippen LogP contribution in [0.15, 0.2) is 30.6 Å². The molecule has 0 N–H and O–H groups in total. The van der Waals surface area contributed by atoms with Gasteiger partial charge in [-0.3, -0.25) is 4.79 Å². The number of rotatable bonds is 4. The summed E-state index contributed by atoms with van der Waals surface area (Å²) in [5.41, 5.74) is 0.805. The highest BCUT2D eigenvalue weighted by atomic mass is 32.2. The van der Waals surface area contributed by atoms with Gasteiger partial charge in [0.15, 0.2) is 0 Å². The molecule has 17 heavy (non-hydrogen) atoms. The van der Waals surface area contributed by atoms with Crippen molar-refractivity contribution in [3.63, 3.8) is 0 Å². The second-order valence-corrected chi connectivity index (χ2v) is 4.02. The van der Waals surface area contributed by atoms with Crippen molar-refractivity contribution < 1.29 is 9.53 Å². The Morgan fingerprint density at radius 2 is 2.18 bits per heavy atom. The summed E-state index contributed by atoms with van der Waals surface area (Å²) in [4.78, 5) is 11.2. The number of carbonyl (C=O) groups excluding carboxylic acids is 1. The molecule has 1 aromatic heterocycles. The quantitative estimate of drug-likeness (QED) is 0.594. The normalized spacial score (nSPS) is 10.2. The van der Waals surface area contributed by atoms with E-state index in [1.54, 1.807) is 24.3 Å². The Bertz CT molecular complexity index is 484. The van der Waals surface area contributed by atoms with Gasteiger partial charge in [-0.15, -0.1) is 5.10 Å². The molecule has 0 bridgehead atoms. The fourth-order valence-electron chi connectivity index (χ4n) is 1.23. The van der Waals surface area contributed by atoms with Crippen molar-refractivity contribution >= 4 is 17.7 Å². The second kappa shape index (κ2) is 5.44. The van der Waals surface area contributed by atoms with E-state index in [0.29, 0.717) is 11.5 Å². The van der Waals surface area contributed by atoms with E-state index in [0.717, 1.165) is 5.69 Å². The number of carbonyl (C=O) groups is 1. The van der Waals surface area contributed by atoms with Crippen LogP contribution in [-0.2, 0) is 4.79 Å². The molecule has 0 saturated carbocycles. The van der Waals surface area contributed by atoms with Gasteiger partial charge in [-0.25, -0.2) is 4.68 Å². The number of aromatic nitrogens is 4. The van der Waals surface area contributed by atoms with Gasteiger partial charge in [0.05, 0.1) is 11.4 Å². The monoisotopic (exact) mass is 250 g/mol. The van der Waals surface area contributed by atoms with Gasteiger partial charge in [0.1, 0.15) is 12.1 Å². The van der Waals surface area contributed by atoms with Crippen LogP contribution in [-0.4, -0.2) is 38.2 Å². The van der Waals surface area contributed by atoms with E-state index in [1.165, 1.54) is 22.8 Å². The lowest BCUT2D eigenvalue weighted by Gasteiger charge is -2.04. The molecule has 2 aromatic rings. The zero-order chi connectivity index (χ0) is 12.1. The zero-order valence-corrected chi connectivity index (χ0v) is 9.92. The predicted octanol–water partition coefficient (Wildman–Crippen LogP) is 0.931. The van der Waals surface area contributed by atoms with E-state index in [-0.39, 0.29) is 5.97 Å². The number of hydrogen-bond acceptors (Lipinski definition) is 6. The molecule has 0 spiro atoms. The first-order valence-corrected chi connectivity index (χ1v) is 6.22. The minimum absolute atomic E-state index is 0.257. The summed E-state index contributed by atoms with van der Waals surface area (Å²) in [6.45, 7) is 0. The summed E-state index contributed by atoms with van der Waals surface area (Å²) in [7, 11) is 0. The van der Waals surface area contributed by atoms with Crippen LogP contribution in [0.25, 0.3) is 5.69 Å². The lowest BCUT2D eigenvalue weighted by Crippen LogP contribution is -2.10. The van der Waals surface area contributed by atoms with Gasteiger partial charge in [-0.1, -0.05) is 0 Å². The Morgan fingerprint density at radius 3 is 2.76 bits per heavy atom. The predicted molar refractivity (Wildman–Crippen MR) is 63.2 cm³/mol. The van der Waals surface area contributed by atoms with Gasteiger partial charge in [0, 0.05) is 0 Å². The van der Waals surface area contributed by atoms with Crippen LogP contribution in [0.1, 0.15) is 0 Å². The van der Waals surface area contributed by atoms with Gasteiger partial charge in [-0.2, -0.15) is 11.8 Å². The SMILES string of the molecule is CSCC(=O)Oc1ccc(-n2cnnn2)cc1. The van der Waals surface area contributed by atoms with Gasteiger partial charge < -0.3 is 4.74 Å². The van der Waals surface area contributed by atoms with Gasteiger partial charge >= 0.3 is 5.97 Å². The van der Waals surface area contributed by atoms with Crippen LogP contribution in [0.4, 0.5) is 0 Å². The van der Waals surface area contributed by atoms with Crippen LogP contribution in [0.3, 0.4) is 0 Å². The molecule has 0 fully saturated rings. The number of tetrazole rings is 1. The topological polar surface area (TPSA) is 69.9 Å². The number of ether oxygens (including phenoxy) is 1. The Labute approximate surface area is 102 Å². The third-order valence-electron chi connectivity index (χ3n) is 1.94. The fourth-order valence-corrected chi connectivity index (χ4v) is 1.52. The molecule has 0 aliphatic carbocycles. The first kappa shape index (κ1) is 11.6. The van der Waals surface area contributed by atoms with Crippen molar-refractivity contribution in [1.29, 1.82) is 0 Å². The van der Waals surface area contributed by atoms with Crippen LogP contribution >= 0.6 is 11.8 Å². The maximum atomic E-state index is 11.2. The summed E-state index contributed by atoms with van der Waals surface area (Å²) in [5, 5.41) is 10.8. The molecule has 0 atom stereocenters. The number of nitrogens with zero attached hydrogens (tertiary/aromatic N) is 4. The molecule has 1 aromatic carbocycles. The summed E-state index contributed by atoms with van der Waals surface area (Å²) < 4.78 is 6.63. The van der Waals surface area contributed by atoms with Crippen LogP contribution in [0.2, 0.25) is 0 Å². The van der Waals surface area contributed by atoms with E-state index in [9.17, 15) is 4.79 Å². The molecule has 0 amide bonds. The first-order chi connectivity index (χ1) is 8.29. The van der Waals surface area contributed by atoms with Gasteiger partial charge in [-0.05, 0) is 40.9 Å². The lowest BCUT2D eigenvalue weighted by molar-refractivity contribution is -0.131. The van der Waals surface area contributed by atoms with E-state index >= 15 is 0 Å². The van der Waals surface area contributed by atoms with E-state index in [1.807, 2.05) is 6.26 Å². The summed E-state index contributed by atoms with van der Waals surface area (Å²) >= 11 is 1.42. The second-order valence-electron chi connectivity index (χ2n) is 3.16. The molecule has 7 heteroatoms. The molecular formula is C10H10N4O2S. The van der Waals surface area contributed by atoms with Gasteiger partial charge in [0.25, 0.3) is 0 Å². The molecule has 1 heterocycles. The molecule has 0 aliphatic rings. The third-order valence-corrected chi connectivity index (χ3v) is 2.47. The Kier molecular flexibility index (Phi) is 3.71. The average Bonchev–Trinajstić information content (AvgIpc) is 2.84. The minimum atomic E-state index is -0.257. The highest BCUT2D eigenvalue weighted by Gasteiger charge is 2.04. The van der Waals surface area contributed by atoms with Gasteiger partial charge in [0.2, 0.25) is 0 Å². The summed E-state index contributed by atoms with van der Waals surface area (Å²) in [6, 6.07) is 6.96. The number of thioether (sulfide) groups is 1. The number of esters is 1. The van der Waals surface area contributed by atoms with Crippen molar-refractivity contribution in [3.05, 3.63) is 30.6 Å². The first-order valence-electron chi connectivity index (χ1n) is 4.82. The molecular weight excluding hydrogens is 240 g/mol. The van der Waals surface area contributed by atoms with Crippen LogP contribution in [0, 0.1) is 0 Å². The van der Waals surface area contributed by atoms with Crippen molar-refractivity contribution in [2.45, 2.75) is 0 Å². The van der Waals surface area contributed by atoms with E-state index in [2.05, 4.69) is 15.5 Å². The Balaban J connectivity index is 2.06. The smallest absolute Gasteiger partial charge is 0.321 e. The van der Waals surface area contributed by atoms with Crippen LogP contribution < -0.4 is 4.74 Å². The molecule has 6 nitrogen and oxygen atoms in total. The van der Waals surface area contributed by atoms with Crippen molar-refractivity contribution in [2.24, 2.45) is 0 Å². The van der Waals surface area contributed by atoms with Crippen molar-refractivity contribution in [1.82, 2.24) is 20.2 Å². The Morgan fingerprint density at radius 1 is 1.41 bits per heavy atom. The number of hydrogen-bond donors (Lipinski definition) is 0. The highest BCUT2D eigenvalue weighted by Crippen LogP contribution is 2.14. The average molecular weight is 250 g/mol. The molecule has 0 aliphatic heterocycles. The maximum Gasteiger partial charge on any atom is 0.321 e. The largest absolute Gasteiger partial charge is 0.426 e. The van der Waals surface area contributed by atoms with E-state index < -0.39 is 0 Å². The third kappa shape index (κ3) is 3.04. The minimum Gasteiger partial charge on any atom is -0.426 e. The van der Waals surface area contributed by atoms with Crippen LogP contribution in [0.5, 0.6) is 5.75 Å². The highest BCUT2D eigenvalue weighted by molar-refractivity contribution is 7.99. The zero-order valence-electron chi connectivity index (χ0n) is 9.11. The summed E-state index contributed by atoms with van der Waals surface area (Å²) in [5.74, 6) is 0.600. The molecule has 0 radical (unpaired) electrons. The fraction of sp³-hybridized carbons (Fsp3) is 0.200. The standard InChI is InChI=1S/C10H10N4O2S/c1-17-6-10(15)16-9-4-2-8(3-5-9)14-7-11-12-13-14/h2-5,7H,6H2,1H3. The lowest BCUT2D eigenvalue weighted by atomic mass is 10.3. The number of benzene rings is 1. The molecule has 0 saturated heterocycles.